The monoisotopic (exact) mass is 278 g/mol. The lowest BCUT2D eigenvalue weighted by molar-refractivity contribution is 0.134. The first kappa shape index (κ1) is 13.6. The van der Waals surface area contributed by atoms with Crippen molar-refractivity contribution in [3.63, 3.8) is 0 Å². The lowest BCUT2D eigenvalue weighted by Crippen LogP contribution is -2.52. The van der Waals surface area contributed by atoms with Crippen LogP contribution in [0.5, 0.6) is 0 Å². The molecule has 1 spiro atoms. The van der Waals surface area contributed by atoms with Crippen LogP contribution in [0, 0.1) is 0 Å². The summed E-state index contributed by atoms with van der Waals surface area (Å²) in [5.41, 5.74) is 1.91. The van der Waals surface area contributed by atoms with E-state index in [1.54, 1.807) is 0 Å². The van der Waals surface area contributed by atoms with E-state index in [-0.39, 0.29) is 0 Å². The van der Waals surface area contributed by atoms with Crippen LogP contribution < -0.4 is 5.32 Å². The summed E-state index contributed by atoms with van der Waals surface area (Å²) in [6.07, 6.45) is 8.29. The molecule has 3 rings (SSSR count). The predicted octanol–water partition coefficient (Wildman–Crippen LogP) is 3.81. The van der Waals surface area contributed by atoms with Crippen molar-refractivity contribution in [3.05, 3.63) is 22.4 Å². The molecule has 1 aromatic rings. The van der Waals surface area contributed by atoms with Gasteiger partial charge in [-0.1, -0.05) is 19.3 Å². The van der Waals surface area contributed by atoms with E-state index >= 15 is 0 Å². The average Bonchev–Trinajstić information content (AvgIpc) is 2.90. The first-order valence-electron chi connectivity index (χ1n) is 7.80. The van der Waals surface area contributed by atoms with Gasteiger partial charge >= 0.3 is 0 Å². The van der Waals surface area contributed by atoms with Gasteiger partial charge in [-0.25, -0.2) is 0 Å². The van der Waals surface area contributed by atoms with Gasteiger partial charge in [0, 0.05) is 24.7 Å². The molecule has 2 aliphatic rings. The number of nitrogens with one attached hydrogen (secondary N) is 1. The third kappa shape index (κ3) is 3.04. The molecule has 1 unspecified atom stereocenters. The van der Waals surface area contributed by atoms with Gasteiger partial charge in [0.05, 0.1) is 0 Å². The summed E-state index contributed by atoms with van der Waals surface area (Å²) >= 11 is 1.82. The molecule has 3 heteroatoms. The molecule has 19 heavy (non-hydrogen) atoms. The first-order valence-corrected chi connectivity index (χ1v) is 8.75. The second kappa shape index (κ2) is 5.94. The van der Waals surface area contributed by atoms with Gasteiger partial charge in [-0.2, -0.15) is 11.3 Å². The summed E-state index contributed by atoms with van der Waals surface area (Å²) in [6.45, 7) is 6.06. The van der Waals surface area contributed by atoms with E-state index in [0.29, 0.717) is 11.6 Å². The van der Waals surface area contributed by atoms with E-state index in [2.05, 4.69) is 34.0 Å². The molecule has 106 valence electrons. The standard InChI is InChI=1S/C16H26N2S/c1-14(15-6-11-19-12-15)18-10-5-9-17-16(13-18)7-3-2-4-8-16/h6,11-12,14,17H,2-5,7-10,13H2,1H3. The van der Waals surface area contributed by atoms with Crippen molar-refractivity contribution in [1.29, 1.82) is 0 Å². The van der Waals surface area contributed by atoms with Crippen LogP contribution in [0.1, 0.15) is 57.1 Å². The second-order valence-electron chi connectivity index (χ2n) is 6.32. The second-order valence-corrected chi connectivity index (χ2v) is 7.10. The van der Waals surface area contributed by atoms with Gasteiger partial charge in [-0.05, 0) is 55.1 Å². The van der Waals surface area contributed by atoms with Gasteiger partial charge in [0.1, 0.15) is 0 Å². The summed E-state index contributed by atoms with van der Waals surface area (Å²) < 4.78 is 0. The minimum atomic E-state index is 0.416. The Labute approximate surface area is 121 Å². The molecule has 1 N–H and O–H groups in total. The quantitative estimate of drug-likeness (QED) is 0.885. The van der Waals surface area contributed by atoms with E-state index in [4.69, 9.17) is 0 Å². The van der Waals surface area contributed by atoms with E-state index < -0.39 is 0 Å². The van der Waals surface area contributed by atoms with Crippen molar-refractivity contribution in [2.45, 2.75) is 57.0 Å². The van der Waals surface area contributed by atoms with E-state index in [1.165, 1.54) is 63.7 Å². The highest BCUT2D eigenvalue weighted by atomic mass is 32.1. The van der Waals surface area contributed by atoms with Gasteiger partial charge in [-0.3, -0.25) is 4.90 Å². The van der Waals surface area contributed by atoms with Crippen LogP contribution in [0.25, 0.3) is 0 Å². The lowest BCUT2D eigenvalue weighted by Gasteiger charge is -2.41. The maximum atomic E-state index is 3.89. The highest BCUT2D eigenvalue weighted by Gasteiger charge is 2.36. The van der Waals surface area contributed by atoms with Crippen molar-refractivity contribution >= 4 is 11.3 Å². The van der Waals surface area contributed by atoms with Gasteiger partial charge in [-0.15, -0.1) is 0 Å². The fraction of sp³-hybridized carbons (Fsp3) is 0.750. The maximum absolute atomic E-state index is 3.89. The van der Waals surface area contributed by atoms with Gasteiger partial charge in [0.2, 0.25) is 0 Å². The fourth-order valence-corrected chi connectivity index (χ4v) is 4.52. The van der Waals surface area contributed by atoms with Crippen molar-refractivity contribution in [3.8, 4) is 0 Å². The van der Waals surface area contributed by atoms with Crippen molar-refractivity contribution in [1.82, 2.24) is 10.2 Å². The van der Waals surface area contributed by atoms with Crippen molar-refractivity contribution in [2.24, 2.45) is 0 Å². The molecule has 1 aromatic heterocycles. The average molecular weight is 278 g/mol. The van der Waals surface area contributed by atoms with Crippen LogP contribution in [0.3, 0.4) is 0 Å². The van der Waals surface area contributed by atoms with Gasteiger partial charge in [0.25, 0.3) is 0 Å². The molecule has 2 fully saturated rings. The van der Waals surface area contributed by atoms with E-state index in [0.717, 1.165) is 0 Å². The Bertz CT molecular complexity index is 381. The minimum Gasteiger partial charge on any atom is -0.310 e. The number of thiophene rings is 1. The summed E-state index contributed by atoms with van der Waals surface area (Å²) in [5, 5.41) is 8.41. The Balaban J connectivity index is 1.73. The van der Waals surface area contributed by atoms with Crippen LogP contribution >= 0.6 is 11.3 Å². The normalized spacial score (nSPS) is 26.2. The smallest absolute Gasteiger partial charge is 0.0328 e. The molecule has 2 nitrogen and oxygen atoms in total. The Morgan fingerprint density at radius 1 is 1.26 bits per heavy atom. The minimum absolute atomic E-state index is 0.416. The van der Waals surface area contributed by atoms with Crippen molar-refractivity contribution < 1.29 is 0 Å². The van der Waals surface area contributed by atoms with Crippen molar-refractivity contribution in [2.75, 3.05) is 19.6 Å². The first-order chi connectivity index (χ1) is 9.29. The molecule has 1 aliphatic heterocycles. The molecule has 1 atom stereocenters. The molecule has 0 bridgehead atoms. The van der Waals surface area contributed by atoms with Crippen LogP contribution in [0.15, 0.2) is 16.8 Å². The van der Waals surface area contributed by atoms with Crippen LogP contribution in [-0.4, -0.2) is 30.1 Å². The number of hydrogen-bond donors (Lipinski definition) is 1. The summed E-state index contributed by atoms with van der Waals surface area (Å²) in [6, 6.07) is 2.87. The maximum Gasteiger partial charge on any atom is 0.0328 e. The van der Waals surface area contributed by atoms with E-state index in [9.17, 15) is 0 Å². The Morgan fingerprint density at radius 2 is 2.11 bits per heavy atom. The number of rotatable bonds is 2. The molecular weight excluding hydrogens is 252 g/mol. The zero-order chi connectivity index (χ0) is 13.1. The SMILES string of the molecule is CC(c1ccsc1)N1CCCNC2(CCCCC2)C1. The fourth-order valence-electron chi connectivity index (χ4n) is 3.78. The number of nitrogens with zero attached hydrogens (tertiary/aromatic N) is 1. The van der Waals surface area contributed by atoms with E-state index in [1.807, 2.05) is 11.3 Å². The zero-order valence-electron chi connectivity index (χ0n) is 12.0. The predicted molar refractivity (Wildman–Crippen MR) is 82.7 cm³/mol. The van der Waals surface area contributed by atoms with Crippen LogP contribution in [-0.2, 0) is 0 Å². The highest BCUT2D eigenvalue weighted by Crippen LogP contribution is 2.33. The molecule has 0 radical (unpaired) electrons. The molecule has 2 heterocycles. The topological polar surface area (TPSA) is 15.3 Å². The third-order valence-corrected chi connectivity index (χ3v) is 5.71. The Morgan fingerprint density at radius 3 is 2.84 bits per heavy atom. The Kier molecular flexibility index (Phi) is 4.25. The van der Waals surface area contributed by atoms with Crippen LogP contribution in [0.4, 0.5) is 0 Å². The molecule has 1 saturated heterocycles. The Hall–Kier alpha value is -0.380. The molecular formula is C16H26N2S. The number of hydrogen-bond acceptors (Lipinski definition) is 3. The summed E-state index contributed by atoms with van der Waals surface area (Å²) in [5.74, 6) is 0. The summed E-state index contributed by atoms with van der Waals surface area (Å²) in [7, 11) is 0. The molecule has 1 saturated carbocycles. The van der Waals surface area contributed by atoms with Gasteiger partial charge in [0.15, 0.2) is 0 Å². The zero-order valence-corrected chi connectivity index (χ0v) is 12.8. The third-order valence-electron chi connectivity index (χ3n) is 5.01. The van der Waals surface area contributed by atoms with Gasteiger partial charge < -0.3 is 5.32 Å². The highest BCUT2D eigenvalue weighted by molar-refractivity contribution is 7.07. The summed E-state index contributed by atoms with van der Waals surface area (Å²) in [4.78, 5) is 2.72. The van der Waals surface area contributed by atoms with Crippen LogP contribution in [0.2, 0.25) is 0 Å². The molecule has 0 aromatic carbocycles. The molecule has 0 amide bonds. The lowest BCUT2D eigenvalue weighted by atomic mass is 9.81. The largest absolute Gasteiger partial charge is 0.310 e. The molecule has 1 aliphatic carbocycles.